The molecule has 5 nitrogen and oxygen atoms in total. The first-order valence-corrected chi connectivity index (χ1v) is 7.30. The Balaban J connectivity index is 1.94. The third kappa shape index (κ3) is 4.05. The minimum atomic E-state index is -1.07. The van der Waals surface area contributed by atoms with Crippen LogP contribution in [0.1, 0.15) is 36.0 Å². The summed E-state index contributed by atoms with van der Waals surface area (Å²) in [6, 6.07) is 4.75. The van der Waals surface area contributed by atoms with E-state index < -0.39 is 5.97 Å². The maximum absolute atomic E-state index is 11.9. The first-order valence-electron chi connectivity index (χ1n) is 6.50. The van der Waals surface area contributed by atoms with Crippen LogP contribution in [0.2, 0.25) is 0 Å². The van der Waals surface area contributed by atoms with Crippen molar-refractivity contribution in [1.29, 1.82) is 0 Å². The standard InChI is InChI=1S/C14H16BrNO4/c15-9-3-5-12(11(8-9)14(18)19)16-13(17)6-4-10-2-1-7-20-10/h3,5,8,10H,1-2,4,6-7H2,(H,16,17)(H,18,19). The number of aromatic carboxylic acids is 1. The van der Waals surface area contributed by atoms with Crippen molar-refractivity contribution in [3.05, 3.63) is 28.2 Å². The van der Waals surface area contributed by atoms with Crippen LogP contribution < -0.4 is 5.32 Å². The van der Waals surface area contributed by atoms with Crippen molar-refractivity contribution >= 4 is 33.5 Å². The quantitative estimate of drug-likeness (QED) is 0.862. The van der Waals surface area contributed by atoms with Crippen molar-refractivity contribution in [3.8, 4) is 0 Å². The number of nitrogens with one attached hydrogen (secondary N) is 1. The first-order chi connectivity index (χ1) is 9.56. The minimum absolute atomic E-state index is 0.0739. The molecule has 0 radical (unpaired) electrons. The summed E-state index contributed by atoms with van der Waals surface area (Å²) in [6.07, 6.45) is 3.20. The monoisotopic (exact) mass is 341 g/mol. The molecule has 1 heterocycles. The fourth-order valence-corrected chi connectivity index (χ4v) is 2.54. The summed E-state index contributed by atoms with van der Waals surface area (Å²) in [7, 11) is 0. The van der Waals surface area contributed by atoms with Crippen LogP contribution in [0, 0.1) is 0 Å². The Hall–Kier alpha value is -1.40. The molecule has 20 heavy (non-hydrogen) atoms. The second kappa shape index (κ2) is 6.85. The number of ether oxygens (including phenoxy) is 1. The average molecular weight is 342 g/mol. The van der Waals surface area contributed by atoms with Crippen LogP contribution in [0.25, 0.3) is 0 Å². The number of carboxylic acid groups (broad SMARTS) is 1. The lowest BCUT2D eigenvalue weighted by Gasteiger charge is -2.11. The average Bonchev–Trinajstić information content (AvgIpc) is 2.91. The molecule has 0 bridgehead atoms. The minimum Gasteiger partial charge on any atom is -0.478 e. The van der Waals surface area contributed by atoms with Crippen molar-refractivity contribution in [2.45, 2.75) is 31.8 Å². The van der Waals surface area contributed by atoms with E-state index in [9.17, 15) is 9.59 Å². The maximum Gasteiger partial charge on any atom is 0.337 e. The number of anilines is 1. The Labute approximate surface area is 125 Å². The van der Waals surface area contributed by atoms with Gasteiger partial charge in [-0.1, -0.05) is 15.9 Å². The summed E-state index contributed by atoms with van der Waals surface area (Å²) in [4.78, 5) is 23.0. The molecule has 1 unspecified atom stereocenters. The lowest BCUT2D eigenvalue weighted by atomic mass is 10.1. The van der Waals surface area contributed by atoms with Crippen LogP contribution in [0.15, 0.2) is 22.7 Å². The van der Waals surface area contributed by atoms with Crippen LogP contribution in [-0.4, -0.2) is 29.7 Å². The number of carbonyl (C=O) groups is 2. The summed E-state index contributed by atoms with van der Waals surface area (Å²) in [5, 5.41) is 11.8. The Bertz CT molecular complexity index is 512. The molecule has 108 valence electrons. The summed E-state index contributed by atoms with van der Waals surface area (Å²) >= 11 is 3.21. The lowest BCUT2D eigenvalue weighted by molar-refractivity contribution is -0.116. The second-order valence-electron chi connectivity index (χ2n) is 4.72. The van der Waals surface area contributed by atoms with Gasteiger partial charge in [-0.15, -0.1) is 0 Å². The van der Waals surface area contributed by atoms with Crippen LogP contribution >= 0.6 is 15.9 Å². The molecule has 0 saturated carbocycles. The molecule has 0 aromatic heterocycles. The van der Waals surface area contributed by atoms with Gasteiger partial charge in [0, 0.05) is 17.5 Å². The number of hydrogen-bond acceptors (Lipinski definition) is 3. The van der Waals surface area contributed by atoms with E-state index in [2.05, 4.69) is 21.2 Å². The smallest absolute Gasteiger partial charge is 0.337 e. The molecule has 0 aliphatic carbocycles. The third-order valence-electron chi connectivity index (χ3n) is 3.20. The van der Waals surface area contributed by atoms with Gasteiger partial charge in [0.15, 0.2) is 0 Å². The van der Waals surface area contributed by atoms with Crippen LogP contribution in [-0.2, 0) is 9.53 Å². The highest BCUT2D eigenvalue weighted by Crippen LogP contribution is 2.22. The molecule has 1 amide bonds. The first kappa shape index (κ1) is 15.0. The van der Waals surface area contributed by atoms with E-state index in [1.807, 2.05) is 0 Å². The van der Waals surface area contributed by atoms with Crippen LogP contribution in [0.5, 0.6) is 0 Å². The van der Waals surface area contributed by atoms with Crippen molar-refractivity contribution in [2.75, 3.05) is 11.9 Å². The highest BCUT2D eigenvalue weighted by Gasteiger charge is 2.18. The summed E-state index contributed by atoms with van der Waals surface area (Å²) in [5.41, 5.74) is 0.392. The molecule has 2 rings (SSSR count). The van der Waals surface area contributed by atoms with Gasteiger partial charge in [0.05, 0.1) is 17.4 Å². The molecule has 2 N–H and O–H groups in total. The number of carbonyl (C=O) groups excluding carboxylic acids is 1. The van der Waals surface area contributed by atoms with E-state index in [4.69, 9.17) is 9.84 Å². The highest BCUT2D eigenvalue weighted by atomic mass is 79.9. The Morgan fingerprint density at radius 2 is 2.25 bits per heavy atom. The number of carboxylic acids is 1. The van der Waals surface area contributed by atoms with Crippen molar-refractivity contribution in [2.24, 2.45) is 0 Å². The molecule has 1 saturated heterocycles. The van der Waals surface area contributed by atoms with Gasteiger partial charge < -0.3 is 15.2 Å². The van der Waals surface area contributed by atoms with Gasteiger partial charge in [-0.2, -0.15) is 0 Å². The van der Waals surface area contributed by atoms with Crippen molar-refractivity contribution in [1.82, 2.24) is 0 Å². The second-order valence-corrected chi connectivity index (χ2v) is 5.63. The molecule has 1 aromatic carbocycles. The van der Waals surface area contributed by atoms with Gasteiger partial charge in [-0.3, -0.25) is 4.79 Å². The zero-order chi connectivity index (χ0) is 14.5. The van der Waals surface area contributed by atoms with E-state index in [1.165, 1.54) is 6.07 Å². The number of rotatable bonds is 5. The maximum atomic E-state index is 11.9. The molecule has 1 aromatic rings. The third-order valence-corrected chi connectivity index (χ3v) is 3.70. The van der Waals surface area contributed by atoms with E-state index >= 15 is 0 Å². The zero-order valence-corrected chi connectivity index (χ0v) is 12.5. The molecule has 6 heteroatoms. The normalized spacial score (nSPS) is 17.9. The number of benzene rings is 1. The summed E-state index contributed by atoms with van der Waals surface area (Å²) < 4.78 is 6.11. The SMILES string of the molecule is O=C(CCC1CCCO1)Nc1ccc(Br)cc1C(=O)O. The largest absolute Gasteiger partial charge is 0.478 e. The van der Waals surface area contributed by atoms with E-state index in [-0.39, 0.29) is 17.6 Å². The van der Waals surface area contributed by atoms with Gasteiger partial charge in [0.25, 0.3) is 0 Å². The van der Waals surface area contributed by atoms with Gasteiger partial charge in [-0.25, -0.2) is 4.79 Å². The van der Waals surface area contributed by atoms with Crippen molar-refractivity contribution < 1.29 is 19.4 Å². The van der Waals surface area contributed by atoms with Crippen molar-refractivity contribution in [3.63, 3.8) is 0 Å². The summed E-state index contributed by atoms with van der Waals surface area (Å²) in [5.74, 6) is -1.26. The lowest BCUT2D eigenvalue weighted by Crippen LogP contribution is -2.17. The fraction of sp³-hybridized carbons (Fsp3) is 0.429. The molecule has 1 aliphatic rings. The van der Waals surface area contributed by atoms with E-state index in [1.54, 1.807) is 12.1 Å². The zero-order valence-electron chi connectivity index (χ0n) is 10.9. The van der Waals surface area contributed by atoms with E-state index in [0.717, 1.165) is 19.4 Å². The molecule has 0 spiro atoms. The number of halogens is 1. The number of hydrogen-bond donors (Lipinski definition) is 2. The molecule has 1 aliphatic heterocycles. The Morgan fingerprint density at radius 1 is 1.45 bits per heavy atom. The molecular weight excluding hydrogens is 326 g/mol. The van der Waals surface area contributed by atoms with E-state index in [0.29, 0.717) is 23.0 Å². The van der Waals surface area contributed by atoms with Gasteiger partial charge >= 0.3 is 5.97 Å². The van der Waals surface area contributed by atoms with Crippen LogP contribution in [0.4, 0.5) is 5.69 Å². The van der Waals surface area contributed by atoms with Gasteiger partial charge in [0.2, 0.25) is 5.91 Å². The Morgan fingerprint density at radius 3 is 2.90 bits per heavy atom. The fourth-order valence-electron chi connectivity index (χ4n) is 2.18. The molecule has 1 fully saturated rings. The van der Waals surface area contributed by atoms with Crippen LogP contribution in [0.3, 0.4) is 0 Å². The summed E-state index contributed by atoms with van der Waals surface area (Å²) in [6.45, 7) is 0.766. The molecule has 1 atom stereocenters. The van der Waals surface area contributed by atoms with Gasteiger partial charge in [0.1, 0.15) is 0 Å². The number of amides is 1. The van der Waals surface area contributed by atoms with Gasteiger partial charge in [-0.05, 0) is 37.5 Å². The predicted octanol–water partition coefficient (Wildman–Crippen LogP) is 3.05. The predicted molar refractivity (Wildman–Crippen MR) is 77.9 cm³/mol. The molecular formula is C14H16BrNO4. The Kier molecular flexibility index (Phi) is 5.14. The highest BCUT2D eigenvalue weighted by molar-refractivity contribution is 9.10. The topological polar surface area (TPSA) is 75.6 Å².